The van der Waals surface area contributed by atoms with Gasteiger partial charge in [-0.1, -0.05) is 60.7 Å². The van der Waals surface area contributed by atoms with Crippen LogP contribution in [0, 0.1) is 0 Å². The van der Waals surface area contributed by atoms with Crippen LogP contribution < -0.4 is 21.7 Å². The number of carbonyl (C=O) groups is 4. The number of amides is 3. The molecule has 0 aliphatic carbocycles. The first-order valence-corrected chi connectivity index (χ1v) is 13.4. The van der Waals surface area contributed by atoms with E-state index in [9.17, 15) is 24.3 Å². The van der Waals surface area contributed by atoms with Crippen molar-refractivity contribution in [3.8, 4) is 5.75 Å². The second kappa shape index (κ2) is 14.0. The van der Waals surface area contributed by atoms with Crippen molar-refractivity contribution in [3.05, 3.63) is 102 Å². The summed E-state index contributed by atoms with van der Waals surface area (Å²) in [6.07, 6.45) is 2.16. The molecule has 4 rings (SSSR count). The maximum Gasteiger partial charge on any atom is 0.322 e. The number of phenolic OH excluding ortho intramolecular Hbond substituents is 1. The van der Waals surface area contributed by atoms with E-state index in [0.29, 0.717) is 5.56 Å². The van der Waals surface area contributed by atoms with Crippen LogP contribution in [0.1, 0.15) is 16.7 Å². The van der Waals surface area contributed by atoms with Gasteiger partial charge in [0, 0.05) is 29.9 Å². The first-order valence-electron chi connectivity index (χ1n) is 13.4. The van der Waals surface area contributed by atoms with Gasteiger partial charge in [0.2, 0.25) is 17.7 Å². The number of carboxylic acids is 1. The molecule has 1 heterocycles. The molecule has 0 fully saturated rings. The molecule has 4 aromatic rings. The Labute approximate surface area is 242 Å². The monoisotopic (exact) mass is 571 g/mol. The van der Waals surface area contributed by atoms with Gasteiger partial charge in [-0.2, -0.15) is 0 Å². The van der Waals surface area contributed by atoms with Gasteiger partial charge >= 0.3 is 5.97 Å². The van der Waals surface area contributed by atoms with Gasteiger partial charge in [0.25, 0.3) is 0 Å². The van der Waals surface area contributed by atoms with E-state index >= 15 is 0 Å². The molecule has 0 aliphatic rings. The number of hydrogen-bond donors (Lipinski definition) is 7. The largest absolute Gasteiger partial charge is 0.508 e. The molecule has 3 amide bonds. The molecule has 3 atom stereocenters. The van der Waals surface area contributed by atoms with Crippen molar-refractivity contribution in [1.29, 1.82) is 0 Å². The van der Waals surface area contributed by atoms with Crippen molar-refractivity contribution in [3.63, 3.8) is 0 Å². The number of phenols is 1. The van der Waals surface area contributed by atoms with Gasteiger partial charge < -0.3 is 36.9 Å². The van der Waals surface area contributed by atoms with Gasteiger partial charge in [-0.3, -0.25) is 19.2 Å². The zero-order valence-electron chi connectivity index (χ0n) is 22.7. The molecule has 11 nitrogen and oxygen atoms in total. The molecular formula is C31H33N5O6. The van der Waals surface area contributed by atoms with Gasteiger partial charge in [0.05, 0.1) is 6.04 Å². The Morgan fingerprint density at radius 3 is 2.02 bits per heavy atom. The van der Waals surface area contributed by atoms with Crippen molar-refractivity contribution in [2.75, 3.05) is 6.54 Å². The van der Waals surface area contributed by atoms with E-state index in [0.717, 1.165) is 22.0 Å². The second-order valence-electron chi connectivity index (χ2n) is 9.96. The van der Waals surface area contributed by atoms with Gasteiger partial charge in [-0.05, 0) is 41.3 Å². The molecule has 0 unspecified atom stereocenters. The third-order valence-corrected chi connectivity index (χ3v) is 6.79. The fraction of sp³-hybridized carbons (Fsp3) is 0.226. The topological polar surface area (TPSA) is 187 Å². The Hall–Kier alpha value is -5.16. The Morgan fingerprint density at radius 2 is 1.33 bits per heavy atom. The number of benzene rings is 3. The van der Waals surface area contributed by atoms with Gasteiger partial charge in [0.15, 0.2) is 0 Å². The number of aromatic nitrogens is 1. The number of aromatic amines is 1. The summed E-state index contributed by atoms with van der Waals surface area (Å²) in [5, 5.41) is 27.3. The smallest absolute Gasteiger partial charge is 0.322 e. The van der Waals surface area contributed by atoms with Crippen LogP contribution in [0.3, 0.4) is 0 Å². The third kappa shape index (κ3) is 8.18. The van der Waals surface area contributed by atoms with Crippen LogP contribution in [0.15, 0.2) is 85.1 Å². The van der Waals surface area contributed by atoms with Crippen LogP contribution in [0.4, 0.5) is 0 Å². The Balaban J connectivity index is 1.52. The van der Waals surface area contributed by atoms with Crippen LogP contribution in [0.5, 0.6) is 5.75 Å². The number of carboxylic acid groups (broad SMARTS) is 1. The number of fused-ring (bicyclic) bond motifs is 1. The van der Waals surface area contributed by atoms with Crippen molar-refractivity contribution >= 4 is 34.6 Å². The number of aromatic hydroxyl groups is 1. The van der Waals surface area contributed by atoms with E-state index in [1.54, 1.807) is 42.6 Å². The number of H-pyrrole nitrogens is 1. The molecular weight excluding hydrogens is 538 g/mol. The Bertz CT molecular complexity index is 1540. The maximum atomic E-state index is 13.6. The summed E-state index contributed by atoms with van der Waals surface area (Å²) in [5.74, 6) is -3.08. The molecule has 3 aromatic carbocycles. The molecule has 0 bridgehead atoms. The number of aliphatic carboxylic acids is 1. The number of para-hydroxylation sites is 1. The lowest BCUT2D eigenvalue weighted by Crippen LogP contribution is -2.57. The van der Waals surface area contributed by atoms with Crippen LogP contribution in [0.2, 0.25) is 0 Å². The summed E-state index contributed by atoms with van der Waals surface area (Å²) in [5.41, 5.74) is 9.43. The molecule has 1 aromatic heterocycles. The summed E-state index contributed by atoms with van der Waals surface area (Å²) >= 11 is 0. The normalized spacial score (nSPS) is 13.1. The van der Waals surface area contributed by atoms with E-state index in [1.807, 2.05) is 30.3 Å². The SMILES string of the molecule is N[C@@H](Cc1c[nH]c2ccccc12)C(=O)N[C@@H](Cc1ccc(O)cc1)C(=O)N[C@@H](Cc1ccccc1)C(=O)NCC(=O)O. The lowest BCUT2D eigenvalue weighted by molar-refractivity contribution is -0.138. The van der Waals surface area contributed by atoms with Gasteiger partial charge in [-0.25, -0.2) is 0 Å². The lowest BCUT2D eigenvalue weighted by atomic mass is 10.0. The Morgan fingerprint density at radius 1 is 0.738 bits per heavy atom. The summed E-state index contributed by atoms with van der Waals surface area (Å²) < 4.78 is 0. The second-order valence-corrected chi connectivity index (χ2v) is 9.96. The molecule has 0 saturated carbocycles. The average Bonchev–Trinajstić information content (AvgIpc) is 3.39. The highest BCUT2D eigenvalue weighted by atomic mass is 16.4. The van der Waals surface area contributed by atoms with Gasteiger partial charge in [0.1, 0.15) is 24.4 Å². The highest BCUT2D eigenvalue weighted by molar-refractivity contribution is 5.94. The molecule has 218 valence electrons. The maximum absolute atomic E-state index is 13.6. The molecule has 42 heavy (non-hydrogen) atoms. The standard InChI is InChI=1S/C31H33N5O6/c32-24(16-21-17-33-25-9-5-4-8-23(21)25)29(40)35-27(15-20-10-12-22(37)13-11-20)31(42)36-26(30(41)34-18-28(38)39)14-19-6-2-1-3-7-19/h1-13,17,24,26-27,33,37H,14-16,18,32H2,(H,34,41)(H,35,40)(H,36,42)(H,38,39)/t24-,26-,27-/m0/s1. The van der Waals surface area contributed by atoms with E-state index in [4.69, 9.17) is 10.8 Å². The predicted octanol–water partition coefficient (Wildman–Crippen LogP) is 1.40. The molecule has 0 radical (unpaired) electrons. The molecule has 0 saturated heterocycles. The van der Waals surface area contributed by atoms with E-state index in [2.05, 4.69) is 20.9 Å². The summed E-state index contributed by atoms with van der Waals surface area (Å²) in [6.45, 7) is -0.615. The third-order valence-electron chi connectivity index (χ3n) is 6.79. The van der Waals surface area contributed by atoms with Crippen molar-refractivity contribution < 1.29 is 29.4 Å². The lowest BCUT2D eigenvalue weighted by Gasteiger charge is -2.24. The minimum atomic E-state index is -1.23. The molecule has 0 spiro atoms. The number of nitrogens with two attached hydrogens (primary N) is 1. The van der Waals surface area contributed by atoms with E-state index < -0.39 is 48.4 Å². The predicted molar refractivity (Wildman–Crippen MR) is 156 cm³/mol. The number of nitrogens with one attached hydrogen (secondary N) is 4. The number of rotatable bonds is 13. The fourth-order valence-corrected chi connectivity index (χ4v) is 4.60. The number of hydrogen-bond acceptors (Lipinski definition) is 6. The van der Waals surface area contributed by atoms with Crippen molar-refractivity contribution in [2.45, 2.75) is 37.4 Å². The highest BCUT2D eigenvalue weighted by Gasteiger charge is 2.29. The summed E-state index contributed by atoms with van der Waals surface area (Å²) in [6, 6.07) is 19.5. The summed E-state index contributed by atoms with van der Waals surface area (Å²) in [7, 11) is 0. The number of carbonyl (C=O) groups excluding carboxylic acids is 3. The van der Waals surface area contributed by atoms with Crippen LogP contribution in [-0.2, 0) is 38.4 Å². The van der Waals surface area contributed by atoms with Crippen molar-refractivity contribution in [1.82, 2.24) is 20.9 Å². The zero-order chi connectivity index (χ0) is 30.1. The van der Waals surface area contributed by atoms with E-state index in [-0.39, 0.29) is 25.0 Å². The fourth-order valence-electron chi connectivity index (χ4n) is 4.60. The van der Waals surface area contributed by atoms with Crippen molar-refractivity contribution in [2.24, 2.45) is 5.73 Å². The molecule has 0 aliphatic heterocycles. The van der Waals surface area contributed by atoms with Crippen LogP contribution >= 0.6 is 0 Å². The molecule has 8 N–H and O–H groups in total. The highest BCUT2D eigenvalue weighted by Crippen LogP contribution is 2.19. The average molecular weight is 572 g/mol. The van der Waals surface area contributed by atoms with E-state index in [1.165, 1.54) is 12.1 Å². The van der Waals surface area contributed by atoms with Crippen LogP contribution in [-0.4, -0.2) is 63.6 Å². The molecule has 11 heteroatoms. The summed E-state index contributed by atoms with van der Waals surface area (Å²) in [4.78, 5) is 53.9. The first-order chi connectivity index (χ1) is 20.2. The minimum Gasteiger partial charge on any atom is -0.508 e. The first kappa shape index (κ1) is 29.8. The minimum absolute atomic E-state index is 0.0440. The quantitative estimate of drug-likeness (QED) is 0.126. The van der Waals surface area contributed by atoms with Gasteiger partial charge in [-0.15, -0.1) is 0 Å². The zero-order valence-corrected chi connectivity index (χ0v) is 22.7. The Kier molecular flexibility index (Phi) is 9.90. The van der Waals surface area contributed by atoms with Crippen LogP contribution in [0.25, 0.3) is 10.9 Å².